The van der Waals surface area contributed by atoms with Crippen LogP contribution in [0.2, 0.25) is 0 Å². The summed E-state index contributed by atoms with van der Waals surface area (Å²) in [6.45, 7) is 8.31. The molecule has 3 heteroatoms. The van der Waals surface area contributed by atoms with E-state index < -0.39 is 0 Å². The van der Waals surface area contributed by atoms with Gasteiger partial charge < -0.3 is 11.1 Å². The number of rotatable bonds is 4. The average molecular weight is 183 g/mol. The molecule has 0 amide bonds. The molecule has 0 aromatic heterocycles. The van der Waals surface area contributed by atoms with Gasteiger partial charge in [0.25, 0.3) is 0 Å². The lowest BCUT2D eigenvalue weighted by atomic mass is 9.93. The minimum atomic E-state index is 0.472. The Labute approximate surface area is 80.8 Å². The van der Waals surface area contributed by atoms with Gasteiger partial charge >= 0.3 is 0 Å². The van der Waals surface area contributed by atoms with Crippen molar-refractivity contribution >= 4 is 5.96 Å². The van der Waals surface area contributed by atoms with E-state index in [1.165, 1.54) is 12.8 Å². The number of nitrogens with two attached hydrogens (primary N) is 1. The molecule has 0 unspecified atom stereocenters. The smallest absolute Gasteiger partial charge is 0.188 e. The molecule has 1 aliphatic carbocycles. The van der Waals surface area contributed by atoms with Gasteiger partial charge in [0, 0.05) is 13.1 Å². The molecule has 13 heavy (non-hydrogen) atoms. The van der Waals surface area contributed by atoms with Crippen LogP contribution >= 0.6 is 0 Å². The van der Waals surface area contributed by atoms with E-state index in [1.54, 1.807) is 0 Å². The summed E-state index contributed by atoms with van der Waals surface area (Å²) in [4.78, 5) is 4.35. The molecular formula is C10H21N3. The maximum Gasteiger partial charge on any atom is 0.188 e. The van der Waals surface area contributed by atoms with Crippen molar-refractivity contribution in [2.75, 3.05) is 13.1 Å². The molecule has 0 aromatic carbocycles. The van der Waals surface area contributed by atoms with Gasteiger partial charge in [-0.3, -0.25) is 4.99 Å². The van der Waals surface area contributed by atoms with Gasteiger partial charge in [-0.2, -0.15) is 0 Å². The largest absolute Gasteiger partial charge is 0.370 e. The number of hydrogen-bond acceptors (Lipinski definition) is 1. The highest BCUT2D eigenvalue weighted by Gasteiger charge is 2.44. The molecule has 0 atom stereocenters. The van der Waals surface area contributed by atoms with Gasteiger partial charge in [0.05, 0.1) is 0 Å². The van der Waals surface area contributed by atoms with Crippen LogP contribution in [-0.4, -0.2) is 19.0 Å². The molecule has 76 valence electrons. The van der Waals surface area contributed by atoms with Gasteiger partial charge in [0.15, 0.2) is 5.96 Å². The van der Waals surface area contributed by atoms with Crippen LogP contribution in [0.5, 0.6) is 0 Å². The number of nitrogens with zero attached hydrogens (tertiary/aromatic N) is 1. The standard InChI is InChI=1S/C10H21N3/c1-4-12-9(11)13-7-10(5-6-10)8(2)3/h8H,4-7H2,1-3H3,(H3,11,12,13). The normalized spacial score (nSPS) is 20.5. The Morgan fingerprint density at radius 3 is 2.54 bits per heavy atom. The molecule has 0 radical (unpaired) electrons. The number of nitrogens with one attached hydrogen (secondary N) is 1. The fourth-order valence-electron chi connectivity index (χ4n) is 1.56. The zero-order valence-corrected chi connectivity index (χ0v) is 8.93. The van der Waals surface area contributed by atoms with E-state index >= 15 is 0 Å². The molecule has 0 heterocycles. The Hall–Kier alpha value is -0.730. The van der Waals surface area contributed by atoms with Crippen molar-refractivity contribution in [1.82, 2.24) is 5.32 Å². The molecule has 0 spiro atoms. The van der Waals surface area contributed by atoms with Crippen molar-refractivity contribution in [3.8, 4) is 0 Å². The monoisotopic (exact) mass is 183 g/mol. The highest BCUT2D eigenvalue weighted by molar-refractivity contribution is 5.77. The van der Waals surface area contributed by atoms with Crippen LogP contribution < -0.4 is 11.1 Å². The van der Waals surface area contributed by atoms with Crippen molar-refractivity contribution in [2.45, 2.75) is 33.6 Å². The van der Waals surface area contributed by atoms with Crippen molar-refractivity contribution < 1.29 is 0 Å². The zero-order valence-electron chi connectivity index (χ0n) is 8.93. The van der Waals surface area contributed by atoms with Crippen molar-refractivity contribution in [2.24, 2.45) is 22.1 Å². The van der Waals surface area contributed by atoms with E-state index in [-0.39, 0.29) is 0 Å². The summed E-state index contributed by atoms with van der Waals surface area (Å²) in [7, 11) is 0. The van der Waals surface area contributed by atoms with Crippen LogP contribution in [-0.2, 0) is 0 Å². The van der Waals surface area contributed by atoms with E-state index in [4.69, 9.17) is 5.73 Å². The summed E-state index contributed by atoms with van der Waals surface area (Å²) in [5.41, 5.74) is 6.13. The van der Waals surface area contributed by atoms with Gasteiger partial charge in [-0.25, -0.2) is 0 Å². The lowest BCUT2D eigenvalue weighted by Crippen LogP contribution is -2.32. The first-order valence-corrected chi connectivity index (χ1v) is 5.14. The summed E-state index contributed by atoms with van der Waals surface area (Å²) in [5.74, 6) is 1.32. The molecule has 0 saturated heterocycles. The van der Waals surface area contributed by atoms with Crippen LogP contribution in [0.25, 0.3) is 0 Å². The van der Waals surface area contributed by atoms with E-state index in [0.717, 1.165) is 19.0 Å². The van der Waals surface area contributed by atoms with Gasteiger partial charge in [-0.05, 0) is 31.1 Å². The predicted molar refractivity (Wildman–Crippen MR) is 56.7 cm³/mol. The molecule has 0 aliphatic heterocycles. The Balaban J connectivity index is 2.37. The summed E-state index contributed by atoms with van der Waals surface area (Å²) in [6.07, 6.45) is 2.63. The van der Waals surface area contributed by atoms with Gasteiger partial charge in [-0.1, -0.05) is 13.8 Å². The summed E-state index contributed by atoms with van der Waals surface area (Å²) in [5, 5.41) is 3.01. The summed E-state index contributed by atoms with van der Waals surface area (Å²) < 4.78 is 0. The molecule has 1 saturated carbocycles. The maximum atomic E-state index is 5.66. The van der Waals surface area contributed by atoms with Gasteiger partial charge in [-0.15, -0.1) is 0 Å². The molecule has 1 rings (SSSR count). The van der Waals surface area contributed by atoms with Crippen LogP contribution in [0.3, 0.4) is 0 Å². The molecular weight excluding hydrogens is 162 g/mol. The third-order valence-electron chi connectivity index (χ3n) is 3.04. The molecule has 1 aliphatic rings. The highest BCUT2D eigenvalue weighted by Crippen LogP contribution is 2.51. The summed E-state index contributed by atoms with van der Waals surface area (Å²) in [6, 6.07) is 0. The van der Waals surface area contributed by atoms with Crippen LogP contribution in [0.4, 0.5) is 0 Å². The topological polar surface area (TPSA) is 50.4 Å². The van der Waals surface area contributed by atoms with Crippen molar-refractivity contribution in [1.29, 1.82) is 0 Å². The second-order valence-corrected chi connectivity index (χ2v) is 4.25. The molecule has 3 N–H and O–H groups in total. The first-order valence-electron chi connectivity index (χ1n) is 5.14. The Kier molecular flexibility index (Phi) is 3.17. The average Bonchev–Trinajstić information content (AvgIpc) is 2.82. The van der Waals surface area contributed by atoms with Crippen molar-refractivity contribution in [3.05, 3.63) is 0 Å². The van der Waals surface area contributed by atoms with Crippen LogP contribution in [0, 0.1) is 11.3 Å². The summed E-state index contributed by atoms with van der Waals surface area (Å²) >= 11 is 0. The second-order valence-electron chi connectivity index (χ2n) is 4.25. The molecule has 1 fully saturated rings. The highest BCUT2D eigenvalue weighted by atomic mass is 15.1. The Bertz CT molecular complexity index is 192. The van der Waals surface area contributed by atoms with E-state index in [9.17, 15) is 0 Å². The predicted octanol–water partition coefficient (Wildman–Crippen LogP) is 1.35. The third kappa shape index (κ3) is 2.61. The lowest BCUT2D eigenvalue weighted by molar-refractivity contribution is 0.370. The van der Waals surface area contributed by atoms with Crippen molar-refractivity contribution in [3.63, 3.8) is 0 Å². The molecule has 0 aromatic rings. The first-order chi connectivity index (χ1) is 6.10. The Morgan fingerprint density at radius 1 is 1.54 bits per heavy atom. The van der Waals surface area contributed by atoms with E-state index in [1.807, 2.05) is 6.92 Å². The maximum absolute atomic E-state index is 5.66. The Morgan fingerprint density at radius 2 is 2.15 bits per heavy atom. The minimum absolute atomic E-state index is 0.472. The SMILES string of the molecule is CCNC(N)=NCC1(C(C)C)CC1. The van der Waals surface area contributed by atoms with Gasteiger partial charge in [0.1, 0.15) is 0 Å². The fourth-order valence-corrected chi connectivity index (χ4v) is 1.56. The second kappa shape index (κ2) is 3.99. The number of aliphatic imine (C=N–C) groups is 1. The third-order valence-corrected chi connectivity index (χ3v) is 3.04. The number of guanidine groups is 1. The van der Waals surface area contributed by atoms with E-state index in [2.05, 4.69) is 24.2 Å². The zero-order chi connectivity index (χ0) is 9.90. The fraction of sp³-hybridized carbons (Fsp3) is 0.900. The van der Waals surface area contributed by atoms with Crippen LogP contribution in [0.1, 0.15) is 33.6 Å². The van der Waals surface area contributed by atoms with E-state index in [0.29, 0.717) is 11.4 Å². The molecule has 0 bridgehead atoms. The first kappa shape index (κ1) is 10.4. The quantitative estimate of drug-likeness (QED) is 0.510. The lowest BCUT2D eigenvalue weighted by Gasteiger charge is -2.16. The minimum Gasteiger partial charge on any atom is -0.370 e. The van der Waals surface area contributed by atoms with Gasteiger partial charge in [0.2, 0.25) is 0 Å². The van der Waals surface area contributed by atoms with Crippen LogP contribution in [0.15, 0.2) is 4.99 Å². The molecule has 3 nitrogen and oxygen atoms in total. The number of hydrogen-bond donors (Lipinski definition) is 2.